The van der Waals surface area contributed by atoms with Crippen molar-refractivity contribution in [2.75, 3.05) is 18.9 Å². The van der Waals surface area contributed by atoms with Crippen molar-refractivity contribution in [3.63, 3.8) is 0 Å². The summed E-state index contributed by atoms with van der Waals surface area (Å²) in [4.78, 5) is 42.9. The van der Waals surface area contributed by atoms with Crippen LogP contribution in [-0.4, -0.2) is 64.3 Å². The Morgan fingerprint density at radius 1 is 1.11 bits per heavy atom. The Morgan fingerprint density at radius 2 is 1.84 bits per heavy atom. The molecule has 1 aromatic carbocycles. The molecule has 0 heterocycles. The second-order valence-corrected chi connectivity index (χ2v) is 13.7. The van der Waals surface area contributed by atoms with E-state index in [9.17, 15) is 35.0 Å². The van der Waals surface area contributed by atoms with E-state index >= 15 is 0 Å². The lowest BCUT2D eigenvalue weighted by molar-refractivity contribution is -0.268. The molecule has 4 aliphatic carbocycles. The molecule has 7 atom stereocenters. The molecule has 3 saturated carbocycles. The molecule has 1 amide bonds. The number of ketones is 1. The van der Waals surface area contributed by atoms with Crippen molar-refractivity contribution in [1.29, 1.82) is 0 Å². The minimum absolute atomic E-state index is 0.0124. The molecule has 0 aliphatic heterocycles. The van der Waals surface area contributed by atoms with Gasteiger partial charge in [-0.3, -0.25) is 20.0 Å². The first-order valence-electron chi connectivity index (χ1n) is 15.7. The van der Waals surface area contributed by atoms with E-state index in [-0.39, 0.29) is 28.3 Å². The number of carbonyl (C=O) groups is 3. The number of rotatable bonds is 9. The van der Waals surface area contributed by atoms with E-state index in [1.165, 1.54) is 31.7 Å². The van der Waals surface area contributed by atoms with E-state index in [1.807, 2.05) is 0 Å². The van der Waals surface area contributed by atoms with Crippen molar-refractivity contribution in [3.8, 4) is 5.75 Å². The summed E-state index contributed by atoms with van der Waals surface area (Å²) in [5.41, 5.74) is 0.515. The molecule has 45 heavy (non-hydrogen) atoms. The minimum Gasteiger partial charge on any atom is -0.871 e. The monoisotopic (exact) mass is 626 g/mol. The average Bonchev–Trinajstić information content (AvgIpc) is 3.28. The standard InChI is InChI=1S/C33H45N3O9/c1-19(37)33(41)14-11-25-23-7-6-21-17-22(9-12-31(21,2)24(23)10-13-32(25,33)3)35-45-18-29(39)34-26(30(40)44-4)15-20-5-8-28(38)27(16-20)36(42)43/h5,8,16-17,23-26,38,41-43H,6-7,9-15,18H2,1-4H3,(H,34,39)/p-1/t23-,24-,25+,26-,31-,32-,33+/m0/s1. The number of anilines is 1. The summed E-state index contributed by atoms with van der Waals surface area (Å²) < 4.78 is 4.81. The predicted molar refractivity (Wildman–Crippen MR) is 160 cm³/mol. The predicted octanol–water partition coefficient (Wildman–Crippen LogP) is 3.20. The van der Waals surface area contributed by atoms with Gasteiger partial charge in [-0.2, -0.15) is 0 Å². The molecule has 4 N–H and O–H groups in total. The van der Waals surface area contributed by atoms with E-state index in [1.54, 1.807) is 0 Å². The fourth-order valence-electron chi connectivity index (χ4n) is 9.06. The lowest BCUT2D eigenvalue weighted by Gasteiger charge is -2.59. The van der Waals surface area contributed by atoms with E-state index in [4.69, 9.17) is 9.57 Å². The molecule has 0 unspecified atom stereocenters. The van der Waals surface area contributed by atoms with Gasteiger partial charge >= 0.3 is 5.97 Å². The summed E-state index contributed by atoms with van der Waals surface area (Å²) in [5.74, 6) is -0.760. The first kappa shape index (κ1) is 32.9. The van der Waals surface area contributed by atoms with Crippen LogP contribution in [0.2, 0.25) is 0 Å². The Labute approximate surface area is 263 Å². The van der Waals surface area contributed by atoms with E-state index < -0.39 is 41.6 Å². The van der Waals surface area contributed by atoms with Gasteiger partial charge in [-0.1, -0.05) is 42.5 Å². The number of amides is 1. The number of allylic oxidation sites excluding steroid dienone is 2. The number of aliphatic hydroxyl groups is 1. The van der Waals surface area contributed by atoms with Crippen LogP contribution >= 0.6 is 0 Å². The number of Topliss-reactive ketones (excluding diaryl/α,β-unsaturated/α-hetero) is 1. The van der Waals surface area contributed by atoms with E-state index in [0.29, 0.717) is 36.2 Å². The number of fused-ring (bicyclic) bond motifs is 5. The third-order valence-corrected chi connectivity index (χ3v) is 11.6. The Kier molecular flexibility index (Phi) is 9.05. The van der Waals surface area contributed by atoms with Gasteiger partial charge in [-0.05, 0) is 99.2 Å². The number of methoxy groups -OCH3 is 1. The highest BCUT2D eigenvalue weighted by molar-refractivity contribution is 5.96. The number of nitrogens with one attached hydrogen (secondary N) is 1. The van der Waals surface area contributed by atoms with Gasteiger partial charge in [0.15, 0.2) is 12.4 Å². The van der Waals surface area contributed by atoms with Gasteiger partial charge in [0.05, 0.1) is 18.5 Å². The SMILES string of the molecule is COC(=O)[C@H](Cc1ccc([O-])c(N(O)O)c1)NC(=O)CON=C1C=C2CC[C@@H]3[C@H]4CC[C@@](O)(C(C)=O)[C@@]4(C)CC[C@@H]3[C@@]2(C)CC1. The summed E-state index contributed by atoms with van der Waals surface area (Å²) >= 11 is 0. The zero-order valence-electron chi connectivity index (χ0n) is 26.4. The number of oxime groups is 1. The number of benzene rings is 1. The van der Waals surface area contributed by atoms with Crippen LogP contribution in [0.25, 0.3) is 0 Å². The highest BCUT2D eigenvalue weighted by Gasteiger charge is 2.65. The van der Waals surface area contributed by atoms with Crippen LogP contribution in [-0.2, 0) is 30.4 Å². The van der Waals surface area contributed by atoms with Gasteiger partial charge < -0.3 is 25.1 Å². The Bertz CT molecular complexity index is 1410. The molecule has 5 rings (SSSR count). The average molecular weight is 627 g/mol. The molecule has 0 bridgehead atoms. The molecule has 4 aliphatic rings. The molecule has 0 aromatic heterocycles. The van der Waals surface area contributed by atoms with Gasteiger partial charge in [-0.15, -0.1) is 5.23 Å². The second kappa shape index (κ2) is 12.4. The van der Waals surface area contributed by atoms with Gasteiger partial charge in [-0.25, -0.2) is 4.79 Å². The van der Waals surface area contributed by atoms with Gasteiger partial charge in [0.25, 0.3) is 5.91 Å². The van der Waals surface area contributed by atoms with Gasteiger partial charge in [0.2, 0.25) is 0 Å². The lowest BCUT2D eigenvalue weighted by Crippen LogP contribution is -2.57. The van der Waals surface area contributed by atoms with Crippen LogP contribution in [0.3, 0.4) is 0 Å². The molecule has 12 nitrogen and oxygen atoms in total. The number of hydrogen-bond acceptors (Lipinski definition) is 11. The largest absolute Gasteiger partial charge is 0.871 e. The fraction of sp³-hybridized carbons (Fsp3) is 0.636. The number of ether oxygens (including phenoxy) is 1. The number of nitrogens with zero attached hydrogens (tertiary/aromatic N) is 2. The molecule has 3 fully saturated rings. The summed E-state index contributed by atoms with van der Waals surface area (Å²) in [5, 5.41) is 48.2. The summed E-state index contributed by atoms with van der Waals surface area (Å²) in [6, 6.07) is 2.65. The van der Waals surface area contributed by atoms with Crippen LogP contribution in [0.1, 0.15) is 77.7 Å². The van der Waals surface area contributed by atoms with Crippen molar-refractivity contribution in [3.05, 3.63) is 35.4 Å². The lowest BCUT2D eigenvalue weighted by atomic mass is 9.46. The van der Waals surface area contributed by atoms with Gasteiger partial charge in [0.1, 0.15) is 11.6 Å². The summed E-state index contributed by atoms with van der Waals surface area (Å²) in [6.07, 6.45) is 8.84. The molecule has 0 radical (unpaired) electrons. The Balaban J connectivity index is 1.20. The Hall–Kier alpha value is -3.48. The smallest absolute Gasteiger partial charge is 0.328 e. The maximum atomic E-state index is 12.7. The van der Waals surface area contributed by atoms with Crippen LogP contribution in [0, 0.1) is 28.6 Å². The normalized spacial score (nSPS) is 33.6. The first-order chi connectivity index (χ1) is 21.2. The second-order valence-electron chi connectivity index (χ2n) is 13.7. The molecular formula is C33H44N3O9-. The van der Waals surface area contributed by atoms with Crippen molar-refractivity contribution >= 4 is 29.1 Å². The molecule has 0 saturated heterocycles. The third-order valence-electron chi connectivity index (χ3n) is 11.6. The van der Waals surface area contributed by atoms with Crippen molar-refractivity contribution in [2.45, 2.75) is 90.2 Å². The minimum atomic E-state index is -1.22. The zero-order valence-corrected chi connectivity index (χ0v) is 26.4. The van der Waals surface area contributed by atoms with Crippen LogP contribution in [0.15, 0.2) is 35.0 Å². The number of esters is 1. The summed E-state index contributed by atoms with van der Waals surface area (Å²) in [6.45, 7) is 5.58. The highest BCUT2D eigenvalue weighted by Crippen LogP contribution is 2.67. The van der Waals surface area contributed by atoms with E-state index in [2.05, 4.69) is 30.4 Å². The van der Waals surface area contributed by atoms with Crippen LogP contribution in [0.4, 0.5) is 5.69 Å². The van der Waals surface area contributed by atoms with Gasteiger partial charge in [0, 0.05) is 11.8 Å². The number of carbonyl (C=O) groups excluding carboxylic acids is 3. The third kappa shape index (κ3) is 5.83. The Morgan fingerprint density at radius 3 is 2.53 bits per heavy atom. The zero-order chi connectivity index (χ0) is 32.7. The maximum absolute atomic E-state index is 12.7. The quantitative estimate of drug-likeness (QED) is 0.235. The fourth-order valence-corrected chi connectivity index (χ4v) is 9.06. The van der Waals surface area contributed by atoms with Crippen molar-refractivity contribution in [1.82, 2.24) is 5.32 Å². The molecule has 1 aromatic rings. The first-order valence-corrected chi connectivity index (χ1v) is 15.7. The number of hydrogen-bond donors (Lipinski definition) is 4. The topological polar surface area (TPSA) is 181 Å². The van der Waals surface area contributed by atoms with Crippen LogP contribution in [0.5, 0.6) is 5.75 Å². The molecule has 12 heteroatoms. The van der Waals surface area contributed by atoms with Crippen molar-refractivity contribution in [2.24, 2.45) is 33.7 Å². The van der Waals surface area contributed by atoms with Crippen LogP contribution < -0.4 is 15.6 Å². The maximum Gasteiger partial charge on any atom is 0.328 e. The molecule has 0 spiro atoms. The highest BCUT2D eigenvalue weighted by atomic mass is 16.8. The van der Waals surface area contributed by atoms with E-state index in [0.717, 1.165) is 50.3 Å². The molecule has 246 valence electrons. The molecular weight excluding hydrogens is 582 g/mol. The summed E-state index contributed by atoms with van der Waals surface area (Å²) in [7, 11) is 1.18. The van der Waals surface area contributed by atoms with Crippen molar-refractivity contribution < 1.29 is 44.6 Å².